The van der Waals surface area contributed by atoms with Crippen molar-refractivity contribution in [2.45, 2.75) is 33.7 Å². The molecule has 2 amide bonds. The third-order valence-electron chi connectivity index (χ3n) is 3.65. The molecule has 1 aliphatic heterocycles. The SMILES string of the molecule is Cc1nnsc1CN(C)C(=O)[C@H]1CC(=O)N(CC(C)C)C1. The maximum absolute atomic E-state index is 12.5. The summed E-state index contributed by atoms with van der Waals surface area (Å²) in [5, 5.41) is 3.95. The van der Waals surface area contributed by atoms with Crippen molar-refractivity contribution in [2.75, 3.05) is 20.1 Å². The molecule has 21 heavy (non-hydrogen) atoms. The van der Waals surface area contributed by atoms with E-state index < -0.39 is 0 Å². The first-order chi connectivity index (χ1) is 9.88. The molecule has 6 nitrogen and oxygen atoms in total. The molecule has 0 spiro atoms. The molecule has 7 heteroatoms. The topological polar surface area (TPSA) is 66.4 Å². The van der Waals surface area contributed by atoms with Crippen LogP contribution in [0.2, 0.25) is 0 Å². The first-order valence-electron chi connectivity index (χ1n) is 7.19. The van der Waals surface area contributed by atoms with Crippen LogP contribution >= 0.6 is 11.5 Å². The van der Waals surface area contributed by atoms with Crippen molar-refractivity contribution >= 4 is 23.3 Å². The van der Waals surface area contributed by atoms with E-state index in [-0.39, 0.29) is 17.7 Å². The van der Waals surface area contributed by atoms with Gasteiger partial charge in [-0.25, -0.2) is 0 Å². The summed E-state index contributed by atoms with van der Waals surface area (Å²) in [5.74, 6) is 0.322. The lowest BCUT2D eigenvalue weighted by Crippen LogP contribution is -2.35. The van der Waals surface area contributed by atoms with E-state index in [1.54, 1.807) is 16.8 Å². The zero-order valence-corrected chi connectivity index (χ0v) is 13.8. The minimum Gasteiger partial charge on any atom is -0.342 e. The molecule has 1 aromatic rings. The molecule has 0 N–H and O–H groups in total. The number of carbonyl (C=O) groups excluding carboxylic acids is 2. The molecule has 1 aliphatic rings. The Morgan fingerprint density at radius 2 is 2.24 bits per heavy atom. The van der Waals surface area contributed by atoms with E-state index in [1.165, 1.54) is 11.5 Å². The van der Waals surface area contributed by atoms with Crippen LogP contribution in [-0.2, 0) is 16.1 Å². The lowest BCUT2D eigenvalue weighted by molar-refractivity contribution is -0.135. The van der Waals surface area contributed by atoms with Gasteiger partial charge in [0.1, 0.15) is 0 Å². The van der Waals surface area contributed by atoms with Crippen molar-refractivity contribution in [1.29, 1.82) is 0 Å². The van der Waals surface area contributed by atoms with E-state index in [4.69, 9.17) is 0 Å². The van der Waals surface area contributed by atoms with Crippen LogP contribution in [0.25, 0.3) is 0 Å². The fourth-order valence-electron chi connectivity index (χ4n) is 2.56. The van der Waals surface area contributed by atoms with E-state index in [0.717, 1.165) is 17.1 Å². The van der Waals surface area contributed by atoms with Crippen molar-refractivity contribution in [3.8, 4) is 0 Å². The van der Waals surface area contributed by atoms with Gasteiger partial charge in [0.2, 0.25) is 11.8 Å². The van der Waals surface area contributed by atoms with Crippen molar-refractivity contribution in [3.05, 3.63) is 10.6 Å². The number of likely N-dealkylation sites (tertiary alicyclic amines) is 1. The molecule has 2 heterocycles. The van der Waals surface area contributed by atoms with E-state index in [0.29, 0.717) is 25.4 Å². The molecule has 2 rings (SSSR count). The number of nitrogens with zero attached hydrogens (tertiary/aromatic N) is 4. The zero-order chi connectivity index (χ0) is 15.6. The molecular weight excluding hydrogens is 288 g/mol. The number of hydrogen-bond acceptors (Lipinski definition) is 5. The fourth-order valence-corrected chi connectivity index (χ4v) is 3.24. The lowest BCUT2D eigenvalue weighted by Gasteiger charge is -2.21. The second-order valence-electron chi connectivity index (χ2n) is 6.07. The Balaban J connectivity index is 1.94. The van der Waals surface area contributed by atoms with Gasteiger partial charge in [-0.05, 0) is 24.4 Å². The lowest BCUT2D eigenvalue weighted by atomic mass is 10.1. The molecule has 116 valence electrons. The first-order valence-corrected chi connectivity index (χ1v) is 7.96. The smallest absolute Gasteiger partial charge is 0.228 e. The fraction of sp³-hybridized carbons (Fsp3) is 0.714. The molecule has 0 radical (unpaired) electrons. The van der Waals surface area contributed by atoms with Crippen LogP contribution in [0.4, 0.5) is 0 Å². The van der Waals surface area contributed by atoms with Gasteiger partial charge in [0, 0.05) is 26.6 Å². The minimum absolute atomic E-state index is 0.0300. The highest BCUT2D eigenvalue weighted by atomic mass is 32.1. The maximum Gasteiger partial charge on any atom is 0.228 e. The van der Waals surface area contributed by atoms with Crippen LogP contribution in [-0.4, -0.2) is 51.3 Å². The Kier molecular flexibility index (Phi) is 4.92. The summed E-state index contributed by atoms with van der Waals surface area (Å²) in [5.41, 5.74) is 0.864. The highest BCUT2D eigenvalue weighted by Crippen LogP contribution is 2.22. The third kappa shape index (κ3) is 3.78. The summed E-state index contributed by atoms with van der Waals surface area (Å²) in [7, 11) is 1.77. The molecule has 1 atom stereocenters. The zero-order valence-electron chi connectivity index (χ0n) is 13.0. The van der Waals surface area contributed by atoms with Gasteiger partial charge in [-0.1, -0.05) is 18.3 Å². The van der Waals surface area contributed by atoms with Gasteiger partial charge >= 0.3 is 0 Å². The van der Waals surface area contributed by atoms with Crippen molar-refractivity contribution in [3.63, 3.8) is 0 Å². The molecule has 1 saturated heterocycles. The van der Waals surface area contributed by atoms with Crippen LogP contribution in [0.3, 0.4) is 0 Å². The molecule has 0 bridgehead atoms. The summed E-state index contributed by atoms with van der Waals surface area (Å²) < 4.78 is 3.88. The summed E-state index contributed by atoms with van der Waals surface area (Å²) in [6, 6.07) is 0. The largest absolute Gasteiger partial charge is 0.342 e. The van der Waals surface area contributed by atoms with Crippen molar-refractivity contribution in [2.24, 2.45) is 11.8 Å². The standard InChI is InChI=1S/C14H22N4O2S/c1-9(2)6-18-7-11(5-13(18)19)14(20)17(4)8-12-10(3)15-16-21-12/h9,11H,5-8H2,1-4H3/t11-/m0/s1. The Labute approximate surface area is 129 Å². The quantitative estimate of drug-likeness (QED) is 0.822. The maximum atomic E-state index is 12.5. The number of amides is 2. The van der Waals surface area contributed by atoms with E-state index in [2.05, 4.69) is 23.4 Å². The second-order valence-corrected chi connectivity index (χ2v) is 6.91. The van der Waals surface area contributed by atoms with Crippen LogP contribution in [0.15, 0.2) is 0 Å². The Morgan fingerprint density at radius 3 is 2.81 bits per heavy atom. The first kappa shape index (κ1) is 15.9. The Bertz CT molecular complexity index is 529. The summed E-state index contributed by atoms with van der Waals surface area (Å²) >= 11 is 1.31. The average molecular weight is 310 g/mol. The van der Waals surface area contributed by atoms with Crippen molar-refractivity contribution in [1.82, 2.24) is 19.4 Å². The number of rotatable bonds is 5. The van der Waals surface area contributed by atoms with Gasteiger partial charge in [0.25, 0.3) is 0 Å². The molecule has 1 aromatic heterocycles. The van der Waals surface area contributed by atoms with Crippen LogP contribution in [0.5, 0.6) is 0 Å². The summed E-state index contributed by atoms with van der Waals surface area (Å²) in [6.45, 7) is 7.82. The van der Waals surface area contributed by atoms with E-state index >= 15 is 0 Å². The number of aromatic nitrogens is 2. The predicted octanol–water partition coefficient (Wildman–Crippen LogP) is 1.31. The van der Waals surface area contributed by atoms with Gasteiger partial charge in [0.15, 0.2) is 0 Å². The van der Waals surface area contributed by atoms with E-state index in [1.807, 2.05) is 6.92 Å². The number of aryl methyl sites for hydroxylation is 1. The molecule has 0 aromatic carbocycles. The molecule has 0 aliphatic carbocycles. The average Bonchev–Trinajstić information content (AvgIpc) is 2.96. The second kappa shape index (κ2) is 6.51. The van der Waals surface area contributed by atoms with Crippen LogP contribution in [0, 0.1) is 18.8 Å². The molecule has 1 fully saturated rings. The van der Waals surface area contributed by atoms with E-state index in [9.17, 15) is 9.59 Å². The van der Waals surface area contributed by atoms with Crippen LogP contribution in [0.1, 0.15) is 30.8 Å². The minimum atomic E-state index is -0.220. The molecule has 0 unspecified atom stereocenters. The number of hydrogen-bond donors (Lipinski definition) is 0. The van der Waals surface area contributed by atoms with Crippen LogP contribution < -0.4 is 0 Å². The summed E-state index contributed by atoms with van der Waals surface area (Å²) in [4.78, 5) is 28.9. The molecular formula is C14H22N4O2S. The monoisotopic (exact) mass is 310 g/mol. The predicted molar refractivity (Wildman–Crippen MR) is 80.6 cm³/mol. The van der Waals surface area contributed by atoms with Gasteiger partial charge in [0.05, 0.1) is 23.0 Å². The van der Waals surface area contributed by atoms with Gasteiger partial charge in [-0.3, -0.25) is 9.59 Å². The number of carbonyl (C=O) groups is 2. The normalized spacial score (nSPS) is 18.6. The summed E-state index contributed by atoms with van der Waals surface area (Å²) in [6.07, 6.45) is 0.329. The third-order valence-corrected chi connectivity index (χ3v) is 4.46. The molecule has 0 saturated carbocycles. The highest BCUT2D eigenvalue weighted by molar-refractivity contribution is 7.05. The van der Waals surface area contributed by atoms with Gasteiger partial charge < -0.3 is 9.80 Å². The Hall–Kier alpha value is -1.50. The van der Waals surface area contributed by atoms with Gasteiger partial charge in [-0.2, -0.15) is 0 Å². The van der Waals surface area contributed by atoms with Gasteiger partial charge in [-0.15, -0.1) is 5.10 Å². The van der Waals surface area contributed by atoms with Crippen molar-refractivity contribution < 1.29 is 9.59 Å². The highest BCUT2D eigenvalue weighted by Gasteiger charge is 2.35. The Morgan fingerprint density at radius 1 is 1.52 bits per heavy atom.